The number of ether oxygens (including phenoxy) is 2. The third-order valence-corrected chi connectivity index (χ3v) is 3.11. The zero-order valence-corrected chi connectivity index (χ0v) is 13.1. The molecule has 120 valence electrons. The molecule has 0 saturated heterocycles. The maximum atomic E-state index is 11.8. The number of hydrazone groups is 1. The third-order valence-electron chi connectivity index (χ3n) is 3.11. The van der Waals surface area contributed by atoms with Crippen molar-refractivity contribution in [3.63, 3.8) is 0 Å². The van der Waals surface area contributed by atoms with Gasteiger partial charge in [-0.1, -0.05) is 30.3 Å². The highest BCUT2D eigenvalue weighted by atomic mass is 16.5. The van der Waals surface area contributed by atoms with Crippen molar-refractivity contribution < 1.29 is 14.3 Å². The molecule has 1 N–H and O–H groups in total. The lowest BCUT2D eigenvalue weighted by Crippen LogP contribution is -2.17. The van der Waals surface area contributed by atoms with Crippen LogP contribution in [-0.4, -0.2) is 25.8 Å². The van der Waals surface area contributed by atoms with E-state index in [1.807, 2.05) is 30.3 Å². The van der Waals surface area contributed by atoms with Crippen molar-refractivity contribution in [1.29, 1.82) is 0 Å². The lowest BCUT2D eigenvalue weighted by molar-refractivity contribution is 0.0954. The van der Waals surface area contributed by atoms with Crippen LogP contribution in [0.2, 0.25) is 0 Å². The number of hydrogen-bond acceptors (Lipinski definition) is 4. The van der Waals surface area contributed by atoms with E-state index in [-0.39, 0.29) is 5.91 Å². The maximum Gasteiger partial charge on any atom is 0.271 e. The van der Waals surface area contributed by atoms with Gasteiger partial charge in [-0.2, -0.15) is 5.10 Å². The molecule has 0 aliphatic carbocycles. The summed E-state index contributed by atoms with van der Waals surface area (Å²) in [5.41, 5.74) is 4.15. The Morgan fingerprint density at radius 1 is 1.13 bits per heavy atom. The minimum absolute atomic E-state index is 0.255. The summed E-state index contributed by atoms with van der Waals surface area (Å²) >= 11 is 0. The molecule has 0 aliphatic heterocycles. The van der Waals surface area contributed by atoms with Gasteiger partial charge in [0.25, 0.3) is 5.91 Å². The van der Waals surface area contributed by atoms with Crippen LogP contribution in [0.1, 0.15) is 22.3 Å². The molecule has 0 atom stereocenters. The molecule has 23 heavy (non-hydrogen) atoms. The first kappa shape index (κ1) is 16.7. The fourth-order valence-corrected chi connectivity index (χ4v) is 1.88. The summed E-state index contributed by atoms with van der Waals surface area (Å²) < 4.78 is 10.6. The molecule has 0 saturated carbocycles. The lowest BCUT2D eigenvalue weighted by Gasteiger charge is -2.03. The predicted octanol–water partition coefficient (Wildman–Crippen LogP) is 3.02. The van der Waals surface area contributed by atoms with E-state index in [0.717, 1.165) is 5.56 Å². The number of benzene rings is 2. The van der Waals surface area contributed by atoms with E-state index in [1.165, 1.54) is 0 Å². The zero-order chi connectivity index (χ0) is 16.3. The number of carbonyl (C=O) groups is 1. The number of carbonyl (C=O) groups excluding carboxylic acids is 1. The Kier molecular flexibility index (Phi) is 6.81. The summed E-state index contributed by atoms with van der Waals surface area (Å²) in [6, 6.07) is 16.8. The van der Waals surface area contributed by atoms with E-state index in [2.05, 4.69) is 10.5 Å². The van der Waals surface area contributed by atoms with Crippen LogP contribution >= 0.6 is 0 Å². The SMILES string of the molecule is COc1ccc(C(=O)NN=CCCOCc2ccccc2)cc1. The van der Waals surface area contributed by atoms with E-state index in [1.54, 1.807) is 37.6 Å². The topological polar surface area (TPSA) is 59.9 Å². The molecule has 0 fully saturated rings. The van der Waals surface area contributed by atoms with Crippen LogP contribution in [-0.2, 0) is 11.3 Å². The lowest BCUT2D eigenvalue weighted by atomic mass is 10.2. The normalized spacial score (nSPS) is 10.7. The number of amides is 1. The highest BCUT2D eigenvalue weighted by Gasteiger charge is 2.03. The summed E-state index contributed by atoms with van der Waals surface area (Å²) in [4.78, 5) is 11.8. The first-order valence-corrected chi connectivity index (χ1v) is 7.37. The Bertz CT molecular complexity index is 624. The molecular weight excluding hydrogens is 292 g/mol. The first-order valence-electron chi connectivity index (χ1n) is 7.37. The van der Waals surface area contributed by atoms with Crippen molar-refractivity contribution in [3.05, 3.63) is 65.7 Å². The van der Waals surface area contributed by atoms with Gasteiger partial charge in [0.2, 0.25) is 0 Å². The minimum atomic E-state index is -0.255. The third kappa shape index (κ3) is 5.92. The van der Waals surface area contributed by atoms with Gasteiger partial charge in [0.1, 0.15) is 5.75 Å². The number of nitrogens with zero attached hydrogens (tertiary/aromatic N) is 1. The molecule has 0 aromatic heterocycles. The Morgan fingerprint density at radius 2 is 1.87 bits per heavy atom. The first-order chi connectivity index (χ1) is 11.3. The monoisotopic (exact) mass is 312 g/mol. The van der Waals surface area contributed by atoms with Gasteiger partial charge in [-0.3, -0.25) is 4.79 Å². The molecule has 1 amide bonds. The van der Waals surface area contributed by atoms with Crippen LogP contribution in [0.4, 0.5) is 0 Å². The second-order valence-corrected chi connectivity index (χ2v) is 4.81. The average molecular weight is 312 g/mol. The predicted molar refractivity (Wildman–Crippen MR) is 89.7 cm³/mol. The molecular formula is C18H20N2O3. The maximum absolute atomic E-state index is 11.8. The Morgan fingerprint density at radius 3 is 2.57 bits per heavy atom. The van der Waals surface area contributed by atoms with Crippen molar-refractivity contribution >= 4 is 12.1 Å². The second kappa shape index (κ2) is 9.38. The van der Waals surface area contributed by atoms with E-state index >= 15 is 0 Å². The molecule has 0 unspecified atom stereocenters. The molecule has 5 heteroatoms. The highest BCUT2D eigenvalue weighted by Crippen LogP contribution is 2.10. The zero-order valence-electron chi connectivity index (χ0n) is 13.1. The number of hydrogen-bond donors (Lipinski definition) is 1. The summed E-state index contributed by atoms with van der Waals surface area (Å²) in [6.45, 7) is 1.13. The Balaban J connectivity index is 1.63. The number of rotatable bonds is 8. The number of methoxy groups -OCH3 is 1. The van der Waals surface area contributed by atoms with Crippen molar-refractivity contribution in [3.8, 4) is 5.75 Å². The van der Waals surface area contributed by atoms with Crippen molar-refractivity contribution in [2.45, 2.75) is 13.0 Å². The van der Waals surface area contributed by atoms with Crippen molar-refractivity contribution in [2.24, 2.45) is 5.10 Å². The largest absolute Gasteiger partial charge is 0.497 e. The van der Waals surface area contributed by atoms with Gasteiger partial charge in [0.15, 0.2) is 0 Å². The van der Waals surface area contributed by atoms with Gasteiger partial charge in [0.05, 0.1) is 20.3 Å². The van der Waals surface area contributed by atoms with Crippen molar-refractivity contribution in [1.82, 2.24) is 5.43 Å². The average Bonchev–Trinajstić information content (AvgIpc) is 2.61. The van der Waals surface area contributed by atoms with Gasteiger partial charge in [0, 0.05) is 18.2 Å². The quantitative estimate of drug-likeness (QED) is 0.463. The van der Waals surface area contributed by atoms with Gasteiger partial charge in [-0.15, -0.1) is 0 Å². The van der Waals surface area contributed by atoms with Crippen LogP contribution in [0.5, 0.6) is 5.75 Å². The van der Waals surface area contributed by atoms with Crippen LogP contribution in [0.25, 0.3) is 0 Å². The summed E-state index contributed by atoms with van der Waals surface area (Å²) in [6.07, 6.45) is 2.27. The fraction of sp³-hybridized carbons (Fsp3) is 0.222. The molecule has 0 bridgehead atoms. The van der Waals surface area contributed by atoms with Crippen LogP contribution in [0.3, 0.4) is 0 Å². The molecule has 5 nitrogen and oxygen atoms in total. The van der Waals surface area contributed by atoms with Crippen LogP contribution in [0.15, 0.2) is 59.7 Å². The number of nitrogens with one attached hydrogen (secondary N) is 1. The van der Waals surface area contributed by atoms with Gasteiger partial charge >= 0.3 is 0 Å². The molecule has 2 aromatic carbocycles. The standard InChI is InChI=1S/C18H20N2O3/c1-22-17-10-8-16(9-11-17)18(21)20-19-12-5-13-23-14-15-6-3-2-4-7-15/h2-4,6-12H,5,13-14H2,1H3,(H,20,21). The molecule has 0 aliphatic rings. The molecule has 2 rings (SSSR count). The van der Waals surface area contributed by atoms with Gasteiger partial charge in [-0.05, 0) is 29.8 Å². The molecule has 0 radical (unpaired) electrons. The van der Waals surface area contributed by atoms with Crippen molar-refractivity contribution in [2.75, 3.05) is 13.7 Å². The van der Waals surface area contributed by atoms with E-state index in [4.69, 9.17) is 9.47 Å². The minimum Gasteiger partial charge on any atom is -0.497 e. The summed E-state index contributed by atoms with van der Waals surface area (Å²) in [5, 5.41) is 3.90. The van der Waals surface area contributed by atoms with E-state index in [9.17, 15) is 4.79 Å². The van der Waals surface area contributed by atoms with Gasteiger partial charge in [-0.25, -0.2) is 5.43 Å². The van der Waals surface area contributed by atoms with Gasteiger partial charge < -0.3 is 9.47 Å². The smallest absolute Gasteiger partial charge is 0.271 e. The van der Waals surface area contributed by atoms with Crippen LogP contribution < -0.4 is 10.2 Å². The molecule has 0 heterocycles. The summed E-state index contributed by atoms with van der Waals surface area (Å²) in [7, 11) is 1.58. The van der Waals surface area contributed by atoms with Crippen LogP contribution in [0, 0.1) is 0 Å². The Hall–Kier alpha value is -2.66. The highest BCUT2D eigenvalue weighted by molar-refractivity contribution is 5.94. The van der Waals surface area contributed by atoms with E-state index < -0.39 is 0 Å². The second-order valence-electron chi connectivity index (χ2n) is 4.81. The summed E-state index contributed by atoms with van der Waals surface area (Å²) in [5.74, 6) is 0.453. The molecule has 2 aromatic rings. The molecule has 0 spiro atoms. The van der Waals surface area contributed by atoms with E-state index in [0.29, 0.717) is 30.9 Å². The Labute approximate surface area is 135 Å². The fourth-order valence-electron chi connectivity index (χ4n) is 1.88.